The molecule has 1 aromatic carbocycles. The molecule has 0 unspecified atom stereocenters. The minimum absolute atomic E-state index is 0.125. The molecule has 0 aromatic heterocycles. The molecule has 1 amide bonds. The molecule has 1 aromatic rings. The van der Waals surface area contributed by atoms with E-state index < -0.39 is 6.36 Å². The van der Waals surface area contributed by atoms with E-state index in [2.05, 4.69) is 10.7 Å². The Kier molecular flexibility index (Phi) is 4.21. The average Bonchev–Trinajstić information content (AvgIpc) is 2.27. The fourth-order valence-electron chi connectivity index (χ4n) is 1.23. The number of terminal acetylenes is 1. The molecule has 0 atom stereocenters. The van der Waals surface area contributed by atoms with Crippen molar-refractivity contribution in [3.05, 3.63) is 29.8 Å². The third-order valence-corrected chi connectivity index (χ3v) is 2.01. The van der Waals surface area contributed by atoms with Gasteiger partial charge in [0.1, 0.15) is 5.75 Å². The SMILES string of the molecule is C#CCN(C)C(=O)c1ccc(OC(F)(F)F)cc1. The van der Waals surface area contributed by atoms with Crippen LogP contribution in [0.3, 0.4) is 0 Å². The van der Waals surface area contributed by atoms with Crippen molar-refractivity contribution in [1.82, 2.24) is 4.90 Å². The average molecular weight is 257 g/mol. The van der Waals surface area contributed by atoms with Crippen molar-refractivity contribution in [3.63, 3.8) is 0 Å². The third kappa shape index (κ3) is 4.01. The first-order chi connectivity index (χ1) is 8.33. The summed E-state index contributed by atoms with van der Waals surface area (Å²) in [6, 6.07) is 4.64. The number of carbonyl (C=O) groups excluding carboxylic acids is 1. The maximum Gasteiger partial charge on any atom is 0.573 e. The van der Waals surface area contributed by atoms with Gasteiger partial charge in [0, 0.05) is 12.6 Å². The number of rotatable bonds is 3. The van der Waals surface area contributed by atoms with Crippen LogP contribution in [0, 0.1) is 12.3 Å². The minimum Gasteiger partial charge on any atom is -0.406 e. The first-order valence-corrected chi connectivity index (χ1v) is 4.88. The molecule has 3 nitrogen and oxygen atoms in total. The molecule has 96 valence electrons. The summed E-state index contributed by atoms with van der Waals surface area (Å²) in [6.07, 6.45) is 0.306. The molecule has 0 aliphatic heterocycles. The zero-order chi connectivity index (χ0) is 13.8. The predicted octanol–water partition coefficient (Wildman–Crippen LogP) is 2.29. The number of ether oxygens (including phenoxy) is 1. The maximum atomic E-state index is 11.9. The molecule has 0 aliphatic rings. The number of hydrogen-bond donors (Lipinski definition) is 0. The lowest BCUT2D eigenvalue weighted by Gasteiger charge is -2.14. The summed E-state index contributed by atoms with van der Waals surface area (Å²) < 4.78 is 39.4. The quantitative estimate of drug-likeness (QED) is 0.777. The molecular weight excluding hydrogens is 247 g/mol. The summed E-state index contributed by atoms with van der Waals surface area (Å²) in [5, 5.41) is 0. The Bertz CT molecular complexity index is 460. The summed E-state index contributed by atoms with van der Waals surface area (Å²) in [5.41, 5.74) is 0.238. The van der Waals surface area contributed by atoms with Gasteiger partial charge in [0.2, 0.25) is 0 Å². The summed E-state index contributed by atoms with van der Waals surface area (Å²) >= 11 is 0. The van der Waals surface area contributed by atoms with Gasteiger partial charge in [0.05, 0.1) is 6.54 Å². The lowest BCUT2D eigenvalue weighted by atomic mass is 10.2. The van der Waals surface area contributed by atoms with Crippen molar-refractivity contribution >= 4 is 5.91 Å². The highest BCUT2D eigenvalue weighted by Crippen LogP contribution is 2.22. The first-order valence-electron chi connectivity index (χ1n) is 4.88. The molecule has 0 heterocycles. The molecule has 0 spiro atoms. The largest absolute Gasteiger partial charge is 0.573 e. The predicted molar refractivity (Wildman–Crippen MR) is 58.9 cm³/mol. The molecule has 0 bridgehead atoms. The topological polar surface area (TPSA) is 29.5 Å². The normalized spacial score (nSPS) is 10.6. The van der Waals surface area contributed by atoms with E-state index in [0.717, 1.165) is 12.1 Å². The Balaban J connectivity index is 2.77. The van der Waals surface area contributed by atoms with Gasteiger partial charge in [-0.1, -0.05) is 5.92 Å². The highest BCUT2D eigenvalue weighted by Gasteiger charge is 2.31. The van der Waals surface area contributed by atoms with E-state index in [4.69, 9.17) is 6.42 Å². The Labute approximate surface area is 102 Å². The molecule has 6 heteroatoms. The van der Waals surface area contributed by atoms with Crippen molar-refractivity contribution in [2.75, 3.05) is 13.6 Å². The molecule has 0 saturated heterocycles. The van der Waals surface area contributed by atoms with Gasteiger partial charge < -0.3 is 9.64 Å². The number of alkyl halides is 3. The van der Waals surface area contributed by atoms with Crippen molar-refractivity contribution in [3.8, 4) is 18.1 Å². The van der Waals surface area contributed by atoms with E-state index in [0.29, 0.717) is 0 Å². The monoisotopic (exact) mass is 257 g/mol. The lowest BCUT2D eigenvalue weighted by molar-refractivity contribution is -0.274. The third-order valence-electron chi connectivity index (χ3n) is 2.01. The summed E-state index contributed by atoms with van der Waals surface area (Å²) in [7, 11) is 1.50. The van der Waals surface area contributed by atoms with Crippen molar-refractivity contribution in [2.45, 2.75) is 6.36 Å². The molecule has 0 radical (unpaired) electrons. The van der Waals surface area contributed by atoms with Crippen molar-refractivity contribution < 1.29 is 22.7 Å². The number of carbonyl (C=O) groups is 1. The van der Waals surface area contributed by atoms with Gasteiger partial charge in [0.15, 0.2) is 0 Å². The smallest absolute Gasteiger partial charge is 0.406 e. The molecule has 18 heavy (non-hydrogen) atoms. The molecule has 0 aliphatic carbocycles. The second kappa shape index (κ2) is 5.45. The van der Waals surface area contributed by atoms with Gasteiger partial charge in [-0.25, -0.2) is 0 Å². The fourth-order valence-corrected chi connectivity index (χ4v) is 1.23. The maximum absolute atomic E-state index is 11.9. The van der Waals surface area contributed by atoms with Gasteiger partial charge in [-0.2, -0.15) is 0 Å². The van der Waals surface area contributed by atoms with E-state index in [9.17, 15) is 18.0 Å². The number of halogens is 3. The van der Waals surface area contributed by atoms with Crippen molar-refractivity contribution in [1.29, 1.82) is 0 Å². The summed E-state index contributed by atoms with van der Waals surface area (Å²) in [6.45, 7) is 0.125. The van der Waals surface area contributed by atoms with Gasteiger partial charge in [-0.3, -0.25) is 4.79 Å². The number of benzene rings is 1. The Morgan fingerprint density at radius 1 is 1.39 bits per heavy atom. The van der Waals surface area contributed by atoms with Gasteiger partial charge in [0.25, 0.3) is 5.91 Å². The standard InChI is InChI=1S/C12H10F3NO2/c1-3-8-16(2)11(17)9-4-6-10(7-5-9)18-12(13,14)15/h1,4-7H,8H2,2H3. The molecular formula is C12H10F3NO2. The summed E-state index contributed by atoms with van der Waals surface area (Å²) in [4.78, 5) is 13.0. The van der Waals surface area contributed by atoms with E-state index >= 15 is 0 Å². The van der Waals surface area contributed by atoms with E-state index in [1.54, 1.807) is 0 Å². The van der Waals surface area contributed by atoms with Crippen LogP contribution in [0.2, 0.25) is 0 Å². The minimum atomic E-state index is -4.74. The Morgan fingerprint density at radius 3 is 2.39 bits per heavy atom. The van der Waals surface area contributed by atoms with Crippen LogP contribution in [-0.2, 0) is 0 Å². The van der Waals surface area contributed by atoms with Gasteiger partial charge in [-0.15, -0.1) is 19.6 Å². The van der Waals surface area contributed by atoms with Crippen LogP contribution in [0.15, 0.2) is 24.3 Å². The van der Waals surface area contributed by atoms with Crippen LogP contribution in [0.4, 0.5) is 13.2 Å². The second-order valence-electron chi connectivity index (χ2n) is 3.44. The zero-order valence-electron chi connectivity index (χ0n) is 9.49. The highest BCUT2D eigenvalue weighted by atomic mass is 19.4. The fraction of sp³-hybridized carbons (Fsp3) is 0.250. The van der Waals surface area contributed by atoms with Crippen LogP contribution in [0.25, 0.3) is 0 Å². The lowest BCUT2D eigenvalue weighted by Crippen LogP contribution is -2.26. The van der Waals surface area contributed by atoms with Crippen LogP contribution in [-0.4, -0.2) is 30.8 Å². The molecule has 0 N–H and O–H groups in total. The first kappa shape index (κ1) is 13.9. The second-order valence-corrected chi connectivity index (χ2v) is 3.44. The Morgan fingerprint density at radius 2 is 1.94 bits per heavy atom. The van der Waals surface area contributed by atoms with Crippen LogP contribution in [0.5, 0.6) is 5.75 Å². The molecule has 0 saturated carbocycles. The molecule has 1 rings (SSSR count). The van der Waals surface area contributed by atoms with Gasteiger partial charge in [-0.05, 0) is 24.3 Å². The number of hydrogen-bond acceptors (Lipinski definition) is 2. The van der Waals surface area contributed by atoms with Crippen LogP contribution in [0.1, 0.15) is 10.4 Å². The van der Waals surface area contributed by atoms with Crippen LogP contribution < -0.4 is 4.74 Å². The highest BCUT2D eigenvalue weighted by molar-refractivity contribution is 5.94. The van der Waals surface area contributed by atoms with E-state index in [-0.39, 0.29) is 23.8 Å². The number of nitrogens with zero attached hydrogens (tertiary/aromatic N) is 1. The Hall–Kier alpha value is -2.16. The number of amides is 1. The summed E-state index contributed by atoms with van der Waals surface area (Å²) in [5.74, 6) is 1.55. The van der Waals surface area contributed by atoms with E-state index in [1.807, 2.05) is 0 Å². The van der Waals surface area contributed by atoms with Crippen molar-refractivity contribution in [2.24, 2.45) is 0 Å². The zero-order valence-corrected chi connectivity index (χ0v) is 9.49. The van der Waals surface area contributed by atoms with Crippen LogP contribution >= 0.6 is 0 Å². The van der Waals surface area contributed by atoms with Gasteiger partial charge >= 0.3 is 6.36 Å². The van der Waals surface area contributed by atoms with E-state index in [1.165, 1.54) is 24.1 Å². The molecule has 0 fully saturated rings.